The Balaban J connectivity index is 2.41. The summed E-state index contributed by atoms with van der Waals surface area (Å²) in [5.41, 5.74) is 8.06. The van der Waals surface area contributed by atoms with Gasteiger partial charge in [-0.25, -0.2) is 38.2 Å². The SMILES string of the molecule is Cc1c(C)c(S(=O)(=O)NC(N)=NCCC[C@H](NC(=O)[C@H](CCCCNC(=O)OC(C)(C)C)NC(=O)[C@H](CCCCNC(=O)OC(C)(C)C)NC(=O)[C@H](CCCCNC(=O)OC(C)(C)C)NC(=O)[C@@H]2CCCN2C(=O)[C@H](C)NC(=O)CON)C(=O)N[C@@H](CCCCNC(=O)OC(C)(C)C)C(=O)N[C@@H](CCC(=O)OC(C)(C)C)C(=O)N[C@@H](CC(=O)OC(C)(C)C)C(N)=O)c(C)c2c1OC(C)(C)CC2. The Kier molecular flexibility index (Phi) is 47.4. The molecule has 9 atom stereocenters. The summed E-state index contributed by atoms with van der Waals surface area (Å²) in [5, 5.41) is 31.7. The van der Waals surface area contributed by atoms with Crippen LogP contribution in [0.3, 0.4) is 0 Å². The predicted octanol–water partition coefficient (Wildman–Crippen LogP) is 4.99. The second kappa shape index (κ2) is 54.1. The lowest BCUT2D eigenvalue weighted by Crippen LogP contribution is -2.60. The first kappa shape index (κ1) is 119. The van der Waals surface area contributed by atoms with Crippen molar-refractivity contribution in [3.63, 3.8) is 0 Å². The molecule has 772 valence electrons. The monoisotopic (exact) mass is 1950 g/mol. The van der Waals surface area contributed by atoms with Gasteiger partial charge in [-0.15, -0.1) is 0 Å². The van der Waals surface area contributed by atoms with E-state index in [1.807, 2.05) is 13.8 Å². The summed E-state index contributed by atoms with van der Waals surface area (Å²) in [6.07, 6.45) is -4.25. The van der Waals surface area contributed by atoms with Gasteiger partial charge < -0.3 is 113 Å². The van der Waals surface area contributed by atoms with E-state index in [9.17, 15) is 61.2 Å². The highest BCUT2D eigenvalue weighted by Gasteiger charge is 2.42. The first-order chi connectivity index (χ1) is 62.7. The molecule has 1 aromatic rings. The number of carbonyl (C=O) groups is 16. The Morgan fingerprint density at radius 1 is 0.463 bits per heavy atom. The van der Waals surface area contributed by atoms with Crippen LogP contribution < -0.4 is 90.6 Å². The third-order valence-corrected chi connectivity index (χ3v) is 22.2. The maximum absolute atomic E-state index is 15.7. The molecule has 0 saturated carbocycles. The molecule has 14 amide bonds. The molecule has 2 heterocycles. The quantitative estimate of drug-likeness (QED) is 0.0102. The average Bonchev–Trinajstić information content (AvgIpc) is 0.883. The van der Waals surface area contributed by atoms with Gasteiger partial charge in [0.1, 0.15) is 106 Å². The predicted molar refractivity (Wildman–Crippen MR) is 503 cm³/mol. The fourth-order valence-corrected chi connectivity index (χ4v) is 15.8. The van der Waals surface area contributed by atoms with Gasteiger partial charge in [0.15, 0.2) is 0 Å². The normalized spacial score (nSPS) is 15.8. The molecule has 0 bridgehead atoms. The maximum atomic E-state index is 15.7. The van der Waals surface area contributed by atoms with Gasteiger partial charge in [0, 0.05) is 45.7 Å². The van der Waals surface area contributed by atoms with E-state index in [0.717, 1.165) is 0 Å². The number of hydrogen-bond acceptors (Lipinski definition) is 28. The van der Waals surface area contributed by atoms with E-state index in [-0.39, 0.29) is 134 Å². The number of benzene rings is 1. The third kappa shape index (κ3) is 46.6. The van der Waals surface area contributed by atoms with Gasteiger partial charge in [0.2, 0.25) is 65.0 Å². The number of sulfonamides is 1. The maximum Gasteiger partial charge on any atom is 0.407 e. The summed E-state index contributed by atoms with van der Waals surface area (Å²) < 4.78 is 70.3. The number of hydrogen-bond donors (Lipinski definition) is 16. The number of primary amides is 1. The lowest BCUT2D eigenvalue weighted by molar-refractivity contribution is -0.156. The van der Waals surface area contributed by atoms with Crippen LogP contribution in [0.15, 0.2) is 9.89 Å². The molecule has 0 radical (unpaired) electrons. The van der Waals surface area contributed by atoms with Crippen LogP contribution in [0.25, 0.3) is 0 Å². The van der Waals surface area contributed by atoms with E-state index in [1.54, 1.807) is 145 Å². The number of fused-ring (bicyclic) bond motifs is 1. The molecule has 44 nitrogen and oxygen atoms in total. The van der Waals surface area contributed by atoms with Crippen molar-refractivity contribution in [3.05, 3.63) is 22.3 Å². The first-order valence-electron chi connectivity index (χ1n) is 46.5. The average molecular weight is 1950 g/mol. The van der Waals surface area contributed by atoms with E-state index in [0.29, 0.717) is 47.3 Å². The molecule has 2 aliphatic heterocycles. The summed E-state index contributed by atoms with van der Waals surface area (Å²) in [4.78, 5) is 234. The minimum absolute atomic E-state index is 0.00329. The highest BCUT2D eigenvalue weighted by atomic mass is 32.2. The zero-order chi connectivity index (χ0) is 103. The lowest BCUT2D eigenvalue weighted by atomic mass is 9.88. The molecule has 0 unspecified atom stereocenters. The van der Waals surface area contributed by atoms with Gasteiger partial charge in [-0.3, -0.25) is 67.4 Å². The van der Waals surface area contributed by atoms with Crippen LogP contribution in [0, 0.1) is 20.8 Å². The second-order valence-electron chi connectivity index (χ2n) is 40.6. The Morgan fingerprint density at radius 3 is 1.18 bits per heavy atom. The Labute approximate surface area is 799 Å². The number of nitrogens with two attached hydrogens (primary N) is 3. The lowest BCUT2D eigenvalue weighted by Gasteiger charge is -2.35. The number of likely N-dealkylation sites (tertiary alicyclic amines) is 1. The molecule has 1 fully saturated rings. The Bertz CT molecular complexity index is 4430. The number of ether oxygens (including phenoxy) is 7. The van der Waals surface area contributed by atoms with E-state index in [1.165, 1.54) is 11.8 Å². The van der Waals surface area contributed by atoms with E-state index in [2.05, 4.69) is 78.4 Å². The van der Waals surface area contributed by atoms with Crippen molar-refractivity contribution < 1.29 is 123 Å². The molecule has 2 aliphatic rings. The molecule has 1 saturated heterocycles. The van der Waals surface area contributed by atoms with Crippen LogP contribution in [0.5, 0.6) is 5.75 Å². The number of carbonyl (C=O) groups excluding carboxylic acids is 16. The van der Waals surface area contributed by atoms with Gasteiger partial charge in [0.25, 0.3) is 10.0 Å². The largest absolute Gasteiger partial charge is 0.487 e. The molecule has 19 N–H and O–H groups in total. The first-order valence-corrected chi connectivity index (χ1v) is 48.0. The molecule has 0 spiro atoms. The van der Waals surface area contributed by atoms with Crippen LogP contribution in [0.2, 0.25) is 0 Å². The van der Waals surface area contributed by atoms with Crippen LogP contribution in [0.4, 0.5) is 19.2 Å². The Morgan fingerprint density at radius 2 is 0.816 bits per heavy atom. The standard InChI is InChI=1S/C91H156N18O26S/c1-53-54(2)70(55(3)57-43-44-91(23,24)131-69(53)57)136(126,127)108-80(93)95-49-33-39-62(76(118)103-60(37-27-31-47-98-83(124)134-89(17,18)19)74(116)105-63(41-42-67(111)129-85(5,6)7)77(119)107-64(71(92)113)51-68(112)130-86(8,9)10)104-73(115)59(36-26-30-46-97-82(123)133-88(14,15)16)101-72(114)58(35-25-29-45-96-81(122)132-87(11,12)13)102-75(117)61(38-28-32-48-99-84(125)135-90(20,21)22)106-78(120)65-40-34-50-109(65)79(121)56(4)100-66(110)52-128-94/h56,58-65H,25-52,94H2,1-24H3,(H2,92,113)(H,96,122)(H,97,123)(H,98,124)(H,99,125)(H,100,110)(H,101,114)(H,102,117)(H,103,118)(H,104,115)(H,105,116)(H,106,120)(H,107,119)(H3,93,95,108)/t56-,58-,59-,60-,61-,62-,63-,64-,65-/m0/s1. The highest BCUT2D eigenvalue weighted by molar-refractivity contribution is 7.90. The number of nitrogens with one attached hydrogen (secondary N) is 13. The van der Waals surface area contributed by atoms with E-state index >= 15 is 24.0 Å². The number of alkyl carbamates (subject to hydrolysis) is 4. The fraction of sp³-hybridized carbons (Fsp3) is 0.747. The zero-order valence-corrected chi connectivity index (χ0v) is 85.0. The van der Waals surface area contributed by atoms with Crippen LogP contribution in [0.1, 0.15) is 296 Å². The molecular weight excluding hydrogens is 1790 g/mol. The van der Waals surface area contributed by atoms with Gasteiger partial charge in [-0.1, -0.05) is 0 Å². The van der Waals surface area contributed by atoms with Crippen molar-refractivity contribution in [3.8, 4) is 5.75 Å². The second-order valence-corrected chi connectivity index (χ2v) is 42.2. The van der Waals surface area contributed by atoms with E-state index in [4.69, 9.17) is 50.5 Å². The minimum Gasteiger partial charge on any atom is -0.487 e. The molecule has 1 aromatic carbocycles. The summed E-state index contributed by atoms with van der Waals surface area (Å²) in [6, 6.07) is -14.2. The van der Waals surface area contributed by atoms with Crippen molar-refractivity contribution in [2.24, 2.45) is 22.4 Å². The van der Waals surface area contributed by atoms with Crippen molar-refractivity contribution >= 4 is 111 Å². The number of esters is 2. The molecule has 0 aliphatic carbocycles. The number of guanidine groups is 1. The Hall–Kier alpha value is -11.1. The fourth-order valence-electron chi connectivity index (χ4n) is 14.3. The highest BCUT2D eigenvalue weighted by Crippen LogP contribution is 2.42. The topological polar surface area (TPSA) is 631 Å². The van der Waals surface area contributed by atoms with Crippen molar-refractivity contribution in [2.45, 2.75) is 399 Å². The van der Waals surface area contributed by atoms with Gasteiger partial charge in [-0.05, 0) is 310 Å². The van der Waals surface area contributed by atoms with Crippen LogP contribution in [-0.2, 0) is 107 Å². The molecule has 136 heavy (non-hydrogen) atoms. The van der Waals surface area contributed by atoms with Crippen LogP contribution in [-0.4, -0.2) is 254 Å². The smallest absolute Gasteiger partial charge is 0.407 e. The van der Waals surface area contributed by atoms with Gasteiger partial charge >= 0.3 is 36.3 Å². The molecule has 45 heteroatoms. The minimum atomic E-state index is -4.49. The number of aliphatic imine (C=N–C) groups is 1. The van der Waals surface area contributed by atoms with Gasteiger partial charge in [-0.2, -0.15) is 0 Å². The molecule has 0 aromatic heterocycles. The van der Waals surface area contributed by atoms with Gasteiger partial charge in [0.05, 0.1) is 11.3 Å². The van der Waals surface area contributed by atoms with Crippen LogP contribution >= 0.6 is 0 Å². The van der Waals surface area contributed by atoms with Crippen molar-refractivity contribution in [1.82, 2.24) is 73.4 Å². The summed E-state index contributed by atoms with van der Waals surface area (Å²) in [6.45, 7) is 38.7. The summed E-state index contributed by atoms with van der Waals surface area (Å²) in [7, 11) is -4.49. The summed E-state index contributed by atoms with van der Waals surface area (Å²) >= 11 is 0. The third-order valence-electron chi connectivity index (χ3n) is 20.6. The summed E-state index contributed by atoms with van der Waals surface area (Å²) in [5.74, 6) is -6.45. The molecule has 3 rings (SSSR count). The van der Waals surface area contributed by atoms with Crippen molar-refractivity contribution in [2.75, 3.05) is 45.9 Å². The number of rotatable bonds is 50. The number of unbranched alkanes of at least 4 members (excludes halogenated alkanes) is 4. The zero-order valence-electron chi connectivity index (χ0n) is 84.1. The number of nitrogens with zero attached hydrogens (tertiary/aromatic N) is 2. The number of amides is 14. The molecular formula is C91H156N18O26S. The van der Waals surface area contributed by atoms with E-state index < -0.39 is 237 Å². The van der Waals surface area contributed by atoms with Crippen molar-refractivity contribution in [1.29, 1.82) is 0 Å².